The van der Waals surface area contributed by atoms with Crippen molar-refractivity contribution in [3.63, 3.8) is 0 Å². The molecule has 27 heavy (non-hydrogen) atoms. The molecule has 1 aromatic carbocycles. The Hall–Kier alpha value is -1.20. The van der Waals surface area contributed by atoms with E-state index in [2.05, 4.69) is 36.9 Å². The van der Waals surface area contributed by atoms with Crippen molar-refractivity contribution in [2.75, 3.05) is 7.11 Å². The monoisotopic (exact) mass is 374 g/mol. The molecule has 0 N–H and O–H groups in total. The van der Waals surface area contributed by atoms with Gasteiger partial charge in [-0.25, -0.2) is 0 Å². The summed E-state index contributed by atoms with van der Waals surface area (Å²) < 4.78 is 23.7. The van der Waals surface area contributed by atoms with Crippen molar-refractivity contribution in [3.8, 4) is 0 Å². The molecule has 2 aliphatic heterocycles. The normalized spacial score (nSPS) is 30.2. The lowest BCUT2D eigenvalue weighted by Gasteiger charge is -2.26. The predicted molar refractivity (Wildman–Crippen MR) is 106 cm³/mol. The highest BCUT2D eigenvalue weighted by atomic mass is 16.8. The lowest BCUT2D eigenvalue weighted by atomic mass is 9.90. The molecule has 4 heteroatoms. The van der Waals surface area contributed by atoms with E-state index in [9.17, 15) is 0 Å². The van der Waals surface area contributed by atoms with Gasteiger partial charge in [0.1, 0.15) is 12.2 Å². The molecule has 0 spiro atoms. The first-order chi connectivity index (χ1) is 13.0. The predicted octanol–water partition coefficient (Wildman–Crippen LogP) is 4.87. The molecule has 150 valence electrons. The number of aryl methyl sites for hydroxylation is 1. The Bertz CT molecular complexity index is 585. The van der Waals surface area contributed by atoms with Gasteiger partial charge in [-0.15, -0.1) is 6.58 Å². The SMILES string of the molecule is C=CC[C@H](CCCCc1ccccc1)C[C@H]1O[C@@H](OC)[C@H]2OC(C)(C)OC12. The van der Waals surface area contributed by atoms with Crippen LogP contribution < -0.4 is 0 Å². The molecule has 0 bridgehead atoms. The zero-order valence-corrected chi connectivity index (χ0v) is 16.9. The number of rotatable bonds is 10. The Labute approximate surface area is 163 Å². The lowest BCUT2D eigenvalue weighted by Crippen LogP contribution is -2.31. The van der Waals surface area contributed by atoms with E-state index >= 15 is 0 Å². The van der Waals surface area contributed by atoms with E-state index in [0.29, 0.717) is 5.92 Å². The van der Waals surface area contributed by atoms with Crippen molar-refractivity contribution in [2.45, 2.75) is 82.8 Å². The Balaban J connectivity index is 1.50. The van der Waals surface area contributed by atoms with Crippen LogP contribution in [0.3, 0.4) is 0 Å². The first-order valence-corrected chi connectivity index (χ1v) is 10.2. The second-order valence-electron chi connectivity index (χ2n) is 8.20. The van der Waals surface area contributed by atoms with Crippen molar-refractivity contribution >= 4 is 0 Å². The summed E-state index contributed by atoms with van der Waals surface area (Å²) in [7, 11) is 1.67. The van der Waals surface area contributed by atoms with Crippen molar-refractivity contribution in [1.82, 2.24) is 0 Å². The zero-order valence-electron chi connectivity index (χ0n) is 16.9. The summed E-state index contributed by atoms with van der Waals surface area (Å²) in [5, 5.41) is 0. The second-order valence-corrected chi connectivity index (χ2v) is 8.20. The molecular weight excluding hydrogens is 340 g/mol. The average molecular weight is 375 g/mol. The van der Waals surface area contributed by atoms with Gasteiger partial charge < -0.3 is 18.9 Å². The minimum absolute atomic E-state index is 0.0146. The summed E-state index contributed by atoms with van der Waals surface area (Å²) in [4.78, 5) is 0. The van der Waals surface area contributed by atoms with E-state index in [-0.39, 0.29) is 24.6 Å². The fourth-order valence-electron chi connectivity index (χ4n) is 4.32. The van der Waals surface area contributed by atoms with Crippen LogP contribution in [0.1, 0.15) is 51.5 Å². The Kier molecular flexibility index (Phi) is 7.10. The van der Waals surface area contributed by atoms with E-state index in [1.807, 2.05) is 19.9 Å². The Morgan fingerprint density at radius 1 is 1.15 bits per heavy atom. The van der Waals surface area contributed by atoms with Gasteiger partial charge in [-0.3, -0.25) is 0 Å². The largest absolute Gasteiger partial charge is 0.353 e. The van der Waals surface area contributed by atoms with Crippen LogP contribution in [-0.2, 0) is 25.4 Å². The summed E-state index contributed by atoms with van der Waals surface area (Å²) in [5.41, 5.74) is 1.42. The summed E-state index contributed by atoms with van der Waals surface area (Å²) in [6, 6.07) is 10.7. The third-order valence-corrected chi connectivity index (χ3v) is 5.58. The van der Waals surface area contributed by atoms with Crippen molar-refractivity contribution < 1.29 is 18.9 Å². The smallest absolute Gasteiger partial charge is 0.186 e. The molecule has 2 aliphatic rings. The first kappa shape index (κ1) is 20.5. The standard InChI is InChI=1S/C23H34O4/c1-5-11-18(15-10-9-14-17-12-7-6-8-13-17)16-19-20-21(22(24-4)25-19)27-23(2,3)26-20/h5-8,12-13,18-22H,1,9-11,14-16H2,2-4H3/t18-,19-,20?,21+,22-/m1/s1. The fraction of sp³-hybridized carbons (Fsp3) is 0.652. The number of hydrogen-bond acceptors (Lipinski definition) is 4. The van der Waals surface area contributed by atoms with Crippen molar-refractivity contribution in [2.24, 2.45) is 5.92 Å². The van der Waals surface area contributed by atoms with Crippen molar-refractivity contribution in [1.29, 1.82) is 0 Å². The first-order valence-electron chi connectivity index (χ1n) is 10.2. The highest BCUT2D eigenvalue weighted by Crippen LogP contribution is 2.41. The number of methoxy groups -OCH3 is 1. The molecule has 4 nitrogen and oxygen atoms in total. The van der Waals surface area contributed by atoms with Gasteiger partial charge in [0.2, 0.25) is 0 Å². The van der Waals surface area contributed by atoms with Crippen LogP contribution in [0.15, 0.2) is 43.0 Å². The van der Waals surface area contributed by atoms with Crippen molar-refractivity contribution in [3.05, 3.63) is 48.6 Å². The van der Waals surface area contributed by atoms with Gasteiger partial charge in [-0.05, 0) is 51.0 Å². The van der Waals surface area contributed by atoms with Crippen LogP contribution in [0.4, 0.5) is 0 Å². The molecule has 2 fully saturated rings. The van der Waals surface area contributed by atoms with E-state index in [4.69, 9.17) is 18.9 Å². The molecule has 2 heterocycles. The molecule has 1 aromatic rings. The average Bonchev–Trinajstić information content (AvgIpc) is 3.13. The molecule has 2 saturated heterocycles. The molecule has 0 saturated carbocycles. The Morgan fingerprint density at radius 2 is 1.89 bits per heavy atom. The van der Waals surface area contributed by atoms with E-state index in [1.54, 1.807) is 7.11 Å². The highest BCUT2D eigenvalue weighted by Gasteiger charge is 2.55. The minimum atomic E-state index is -0.572. The number of unbranched alkanes of at least 4 members (excludes halogenated alkanes) is 1. The van der Waals surface area contributed by atoms with Crippen LogP contribution in [0.2, 0.25) is 0 Å². The van der Waals surface area contributed by atoms with Crippen LogP contribution in [0, 0.1) is 5.92 Å². The maximum atomic E-state index is 6.13. The number of ether oxygens (including phenoxy) is 4. The van der Waals surface area contributed by atoms with Gasteiger partial charge in [0.15, 0.2) is 12.1 Å². The van der Waals surface area contributed by atoms with Gasteiger partial charge in [-0.1, -0.05) is 49.2 Å². The van der Waals surface area contributed by atoms with Crippen LogP contribution >= 0.6 is 0 Å². The molecule has 3 rings (SSSR count). The van der Waals surface area contributed by atoms with E-state index in [0.717, 1.165) is 19.3 Å². The van der Waals surface area contributed by atoms with Gasteiger partial charge >= 0.3 is 0 Å². The summed E-state index contributed by atoms with van der Waals surface area (Å²) in [6.07, 6.45) is 8.21. The topological polar surface area (TPSA) is 36.9 Å². The summed E-state index contributed by atoms with van der Waals surface area (Å²) in [6.45, 7) is 7.87. The van der Waals surface area contributed by atoms with Gasteiger partial charge in [0.25, 0.3) is 0 Å². The highest BCUT2D eigenvalue weighted by molar-refractivity contribution is 5.14. The maximum Gasteiger partial charge on any atom is 0.186 e. The van der Waals surface area contributed by atoms with E-state index in [1.165, 1.54) is 24.8 Å². The molecule has 0 amide bonds. The third kappa shape index (κ3) is 5.41. The lowest BCUT2D eigenvalue weighted by molar-refractivity contribution is -0.228. The fourth-order valence-corrected chi connectivity index (χ4v) is 4.32. The zero-order chi connectivity index (χ0) is 19.3. The second kappa shape index (κ2) is 9.33. The minimum Gasteiger partial charge on any atom is -0.353 e. The van der Waals surface area contributed by atoms with E-state index < -0.39 is 5.79 Å². The van der Waals surface area contributed by atoms with Gasteiger partial charge in [-0.2, -0.15) is 0 Å². The number of benzene rings is 1. The Morgan fingerprint density at radius 3 is 2.59 bits per heavy atom. The number of fused-ring (bicyclic) bond motifs is 1. The molecule has 0 radical (unpaired) electrons. The molecular formula is C23H34O4. The number of hydrogen-bond donors (Lipinski definition) is 0. The number of allylic oxidation sites excluding steroid dienone is 1. The van der Waals surface area contributed by atoms with Crippen LogP contribution in [-0.4, -0.2) is 37.5 Å². The molecule has 5 atom stereocenters. The van der Waals surface area contributed by atoms with Crippen LogP contribution in [0.25, 0.3) is 0 Å². The van der Waals surface area contributed by atoms with Gasteiger partial charge in [0, 0.05) is 7.11 Å². The third-order valence-electron chi connectivity index (χ3n) is 5.58. The summed E-state index contributed by atoms with van der Waals surface area (Å²) in [5.74, 6) is -0.0237. The van der Waals surface area contributed by atoms with Crippen LogP contribution in [0.5, 0.6) is 0 Å². The van der Waals surface area contributed by atoms with Gasteiger partial charge in [0.05, 0.1) is 6.10 Å². The molecule has 0 aliphatic carbocycles. The maximum absolute atomic E-state index is 6.13. The quantitative estimate of drug-likeness (QED) is 0.432. The molecule has 0 aromatic heterocycles. The summed E-state index contributed by atoms with van der Waals surface area (Å²) >= 11 is 0. The molecule has 1 unspecified atom stereocenters.